The van der Waals surface area contributed by atoms with Crippen LogP contribution >= 0.6 is 12.2 Å². The number of carbonyl (C=O) groups is 2. The van der Waals surface area contributed by atoms with Gasteiger partial charge in [-0.15, -0.1) is 0 Å². The molecule has 0 aliphatic heterocycles. The lowest BCUT2D eigenvalue weighted by molar-refractivity contribution is -0.116. The molecule has 0 radical (unpaired) electrons. The van der Waals surface area contributed by atoms with Crippen LogP contribution in [0.3, 0.4) is 0 Å². The van der Waals surface area contributed by atoms with Crippen molar-refractivity contribution in [3.05, 3.63) is 54.1 Å². The van der Waals surface area contributed by atoms with Gasteiger partial charge in [0.1, 0.15) is 5.75 Å². The molecular formula is C23H29N3O3S. The minimum Gasteiger partial charge on any atom is -0.491 e. The van der Waals surface area contributed by atoms with E-state index in [2.05, 4.69) is 22.9 Å². The third-order valence-electron chi connectivity index (χ3n) is 4.28. The van der Waals surface area contributed by atoms with E-state index in [1.165, 1.54) is 0 Å². The molecule has 1 unspecified atom stereocenters. The molecule has 2 amide bonds. The molecule has 0 aromatic heterocycles. The molecule has 2 rings (SSSR count). The first kappa shape index (κ1) is 23.3. The molecule has 2 aromatic rings. The highest BCUT2D eigenvalue weighted by Gasteiger charge is 2.10. The number of nitrogens with one attached hydrogen (secondary N) is 3. The molecule has 0 bridgehead atoms. The van der Waals surface area contributed by atoms with E-state index in [-0.39, 0.29) is 23.0 Å². The SMILES string of the molecule is CCC(C)Oc1ccc(C(=O)NC(=S)Nc2ccc(NC(=O)CC(C)C)cc2)cc1. The number of hydrogen-bond acceptors (Lipinski definition) is 4. The van der Waals surface area contributed by atoms with Crippen molar-refractivity contribution in [3.63, 3.8) is 0 Å². The lowest BCUT2D eigenvalue weighted by atomic mass is 10.1. The van der Waals surface area contributed by atoms with Gasteiger partial charge in [0.25, 0.3) is 5.91 Å². The highest BCUT2D eigenvalue weighted by Crippen LogP contribution is 2.16. The summed E-state index contributed by atoms with van der Waals surface area (Å²) in [6.45, 7) is 8.04. The average Bonchev–Trinajstić information content (AvgIpc) is 2.69. The van der Waals surface area contributed by atoms with E-state index in [1.54, 1.807) is 48.5 Å². The molecule has 0 spiro atoms. The summed E-state index contributed by atoms with van der Waals surface area (Å²) in [6.07, 6.45) is 1.50. The Morgan fingerprint density at radius 2 is 1.50 bits per heavy atom. The lowest BCUT2D eigenvalue weighted by Gasteiger charge is -2.13. The van der Waals surface area contributed by atoms with Gasteiger partial charge in [-0.05, 0) is 80.0 Å². The Bertz CT molecular complexity index is 864. The van der Waals surface area contributed by atoms with Gasteiger partial charge in [0, 0.05) is 23.4 Å². The number of anilines is 2. The summed E-state index contributed by atoms with van der Waals surface area (Å²) >= 11 is 5.22. The predicted molar refractivity (Wildman–Crippen MR) is 125 cm³/mol. The first-order valence-electron chi connectivity index (χ1n) is 10.1. The van der Waals surface area contributed by atoms with E-state index < -0.39 is 0 Å². The van der Waals surface area contributed by atoms with Crippen LogP contribution in [0.2, 0.25) is 0 Å². The smallest absolute Gasteiger partial charge is 0.257 e. The molecular weight excluding hydrogens is 398 g/mol. The number of amides is 2. The minimum absolute atomic E-state index is 0.0194. The van der Waals surface area contributed by atoms with E-state index in [0.29, 0.717) is 29.3 Å². The monoisotopic (exact) mass is 427 g/mol. The number of ether oxygens (including phenoxy) is 1. The van der Waals surface area contributed by atoms with Gasteiger partial charge >= 0.3 is 0 Å². The van der Waals surface area contributed by atoms with Crippen LogP contribution < -0.4 is 20.7 Å². The molecule has 0 aliphatic carbocycles. The molecule has 7 heteroatoms. The van der Waals surface area contributed by atoms with Crippen LogP contribution in [-0.4, -0.2) is 23.0 Å². The third kappa shape index (κ3) is 7.83. The number of thiocarbonyl (C=S) groups is 1. The van der Waals surface area contributed by atoms with Gasteiger partial charge in [0.2, 0.25) is 5.91 Å². The Morgan fingerprint density at radius 1 is 0.933 bits per heavy atom. The van der Waals surface area contributed by atoms with Crippen LogP contribution in [0.15, 0.2) is 48.5 Å². The fraction of sp³-hybridized carbons (Fsp3) is 0.348. The fourth-order valence-electron chi connectivity index (χ4n) is 2.56. The van der Waals surface area contributed by atoms with Crippen molar-refractivity contribution in [2.75, 3.05) is 10.6 Å². The third-order valence-corrected chi connectivity index (χ3v) is 4.48. The van der Waals surface area contributed by atoms with Crippen LogP contribution in [0.1, 0.15) is 50.9 Å². The summed E-state index contributed by atoms with van der Waals surface area (Å²) in [5.74, 6) is 0.701. The molecule has 0 heterocycles. The Morgan fingerprint density at radius 3 is 2.03 bits per heavy atom. The zero-order chi connectivity index (χ0) is 22.1. The maximum absolute atomic E-state index is 12.4. The molecule has 160 valence electrons. The standard InChI is InChI=1S/C23H29N3O3S/c1-5-16(4)29-20-12-6-17(7-13-20)22(28)26-23(30)25-19-10-8-18(9-11-19)24-21(27)14-15(2)3/h6-13,15-16H,5,14H2,1-4H3,(H,24,27)(H2,25,26,28,30). The van der Waals surface area contributed by atoms with Crippen LogP contribution in [0.4, 0.5) is 11.4 Å². The van der Waals surface area contributed by atoms with Crippen LogP contribution in [-0.2, 0) is 4.79 Å². The van der Waals surface area contributed by atoms with Crippen molar-refractivity contribution in [2.45, 2.75) is 46.6 Å². The van der Waals surface area contributed by atoms with Crippen molar-refractivity contribution in [2.24, 2.45) is 5.92 Å². The van der Waals surface area contributed by atoms with Gasteiger partial charge in [-0.1, -0.05) is 20.8 Å². The second kappa shape index (κ2) is 11.3. The largest absolute Gasteiger partial charge is 0.491 e. The van der Waals surface area contributed by atoms with Gasteiger partial charge in [-0.25, -0.2) is 0 Å². The van der Waals surface area contributed by atoms with E-state index in [9.17, 15) is 9.59 Å². The molecule has 0 saturated heterocycles. The van der Waals surface area contributed by atoms with E-state index >= 15 is 0 Å². The van der Waals surface area contributed by atoms with Crippen molar-refractivity contribution in [3.8, 4) is 5.75 Å². The Hall–Kier alpha value is -2.93. The summed E-state index contributed by atoms with van der Waals surface area (Å²) in [6, 6.07) is 14.1. The quantitative estimate of drug-likeness (QED) is 0.518. The predicted octanol–water partition coefficient (Wildman–Crippen LogP) is 4.98. The van der Waals surface area contributed by atoms with Crippen molar-refractivity contribution in [1.29, 1.82) is 0 Å². The lowest BCUT2D eigenvalue weighted by Crippen LogP contribution is -2.34. The molecule has 30 heavy (non-hydrogen) atoms. The fourth-order valence-corrected chi connectivity index (χ4v) is 2.77. The summed E-state index contributed by atoms with van der Waals surface area (Å²) < 4.78 is 5.71. The summed E-state index contributed by atoms with van der Waals surface area (Å²) in [5, 5.41) is 8.66. The molecule has 0 aliphatic rings. The zero-order valence-electron chi connectivity index (χ0n) is 17.8. The van der Waals surface area contributed by atoms with E-state index in [1.807, 2.05) is 20.8 Å². The Balaban J connectivity index is 1.86. The molecule has 1 atom stereocenters. The first-order valence-corrected chi connectivity index (χ1v) is 10.5. The second-order valence-corrected chi connectivity index (χ2v) is 7.90. The summed E-state index contributed by atoms with van der Waals surface area (Å²) in [7, 11) is 0. The van der Waals surface area contributed by atoms with Crippen LogP contribution in [0.25, 0.3) is 0 Å². The molecule has 2 aromatic carbocycles. The Kier molecular flexibility index (Phi) is 8.80. The average molecular weight is 428 g/mol. The molecule has 3 N–H and O–H groups in total. The van der Waals surface area contributed by atoms with Crippen molar-refractivity contribution < 1.29 is 14.3 Å². The number of rotatable bonds is 8. The summed E-state index contributed by atoms with van der Waals surface area (Å²) in [5.41, 5.74) is 1.90. The molecule has 0 saturated carbocycles. The molecule has 6 nitrogen and oxygen atoms in total. The normalized spacial score (nSPS) is 11.5. The minimum atomic E-state index is -0.305. The van der Waals surface area contributed by atoms with Crippen LogP contribution in [0, 0.1) is 5.92 Å². The highest BCUT2D eigenvalue weighted by molar-refractivity contribution is 7.80. The van der Waals surface area contributed by atoms with Gasteiger partial charge in [0.05, 0.1) is 6.10 Å². The topological polar surface area (TPSA) is 79.5 Å². The van der Waals surface area contributed by atoms with Crippen molar-refractivity contribution in [1.82, 2.24) is 5.32 Å². The number of benzene rings is 2. The number of carbonyl (C=O) groups excluding carboxylic acids is 2. The van der Waals surface area contributed by atoms with E-state index in [0.717, 1.165) is 12.2 Å². The maximum atomic E-state index is 12.4. The second-order valence-electron chi connectivity index (χ2n) is 7.49. The van der Waals surface area contributed by atoms with Crippen molar-refractivity contribution >= 4 is 40.5 Å². The van der Waals surface area contributed by atoms with E-state index in [4.69, 9.17) is 17.0 Å². The van der Waals surface area contributed by atoms with Gasteiger partial charge in [-0.2, -0.15) is 0 Å². The van der Waals surface area contributed by atoms with Crippen LogP contribution in [0.5, 0.6) is 5.75 Å². The van der Waals surface area contributed by atoms with Gasteiger partial charge in [-0.3, -0.25) is 14.9 Å². The summed E-state index contributed by atoms with van der Waals surface area (Å²) in [4.78, 5) is 24.2. The number of hydrogen-bond donors (Lipinski definition) is 3. The first-order chi connectivity index (χ1) is 14.3. The van der Waals surface area contributed by atoms with Gasteiger partial charge < -0.3 is 15.4 Å². The zero-order valence-corrected chi connectivity index (χ0v) is 18.6. The Labute approximate surface area is 183 Å². The van der Waals surface area contributed by atoms with Gasteiger partial charge in [0.15, 0.2) is 5.11 Å². The highest BCUT2D eigenvalue weighted by atomic mass is 32.1. The molecule has 0 fully saturated rings. The maximum Gasteiger partial charge on any atom is 0.257 e.